The highest BCUT2D eigenvalue weighted by atomic mass is 32.2. The summed E-state index contributed by atoms with van der Waals surface area (Å²) in [6.45, 7) is 5.70. The number of sulfonamides is 1. The molecule has 2 aromatic carbocycles. The van der Waals surface area contributed by atoms with Crippen molar-refractivity contribution in [3.8, 4) is 0 Å². The predicted molar refractivity (Wildman–Crippen MR) is 135 cm³/mol. The molecule has 11 heteroatoms. The van der Waals surface area contributed by atoms with E-state index in [1.54, 1.807) is 31.2 Å². The van der Waals surface area contributed by atoms with E-state index in [1.165, 1.54) is 46.9 Å². The number of nitrogens with zero attached hydrogens (tertiary/aromatic N) is 1. The lowest BCUT2D eigenvalue weighted by atomic mass is 10.2. The summed E-state index contributed by atoms with van der Waals surface area (Å²) in [5.74, 6) is -0.901. The molecule has 0 aliphatic carbocycles. The Morgan fingerprint density at radius 1 is 1.03 bits per heavy atom. The largest absolute Gasteiger partial charge is 0.462 e. The highest BCUT2D eigenvalue weighted by Gasteiger charge is 2.22. The molecule has 0 unspecified atom stereocenters. The summed E-state index contributed by atoms with van der Waals surface area (Å²) in [5, 5.41) is 3.08. The molecule has 0 radical (unpaired) electrons. The number of amides is 1. The zero-order chi connectivity index (χ0) is 24.5. The maximum Gasteiger partial charge on any atom is 0.348 e. The van der Waals surface area contributed by atoms with Gasteiger partial charge in [-0.25, -0.2) is 18.2 Å². The first-order chi connectivity index (χ1) is 16.2. The average molecular weight is 516 g/mol. The molecule has 0 spiro atoms. The fourth-order valence-corrected chi connectivity index (χ4v) is 6.48. The lowest BCUT2D eigenvalue weighted by molar-refractivity contribution is 0.0531. The second-order valence-electron chi connectivity index (χ2n) is 7.35. The van der Waals surface area contributed by atoms with Crippen molar-refractivity contribution >= 4 is 64.9 Å². The van der Waals surface area contributed by atoms with E-state index in [4.69, 9.17) is 4.74 Å². The van der Waals surface area contributed by atoms with E-state index < -0.39 is 21.9 Å². The number of hydrogen-bond acceptors (Lipinski definition) is 8. The Morgan fingerprint density at radius 2 is 1.74 bits per heavy atom. The van der Waals surface area contributed by atoms with Crippen molar-refractivity contribution in [1.82, 2.24) is 4.98 Å². The van der Waals surface area contributed by atoms with Crippen molar-refractivity contribution in [1.29, 1.82) is 0 Å². The molecule has 8 nitrogen and oxygen atoms in total. The monoisotopic (exact) mass is 515 g/mol. The number of aryl methyl sites for hydroxylation is 2. The molecule has 0 saturated heterocycles. The van der Waals surface area contributed by atoms with Gasteiger partial charge in [0.2, 0.25) is 0 Å². The van der Waals surface area contributed by atoms with Crippen LogP contribution in [0.4, 0.5) is 10.8 Å². The van der Waals surface area contributed by atoms with Crippen molar-refractivity contribution in [3.63, 3.8) is 0 Å². The van der Waals surface area contributed by atoms with E-state index >= 15 is 0 Å². The standard InChI is InChI=1S/C23H21N3O5S3/c1-4-31-22(28)19-14(3)18-21(32-19)25-23(33-18)24-20(27)16-7-5-6-8-17(16)26-34(29,30)15-11-9-13(2)10-12-15/h5-12,26H,4H2,1-3H3,(H,24,25,27). The number of thiophene rings is 1. The number of thiazole rings is 1. The number of carbonyl (C=O) groups is 2. The van der Waals surface area contributed by atoms with Gasteiger partial charge in [-0.3, -0.25) is 14.8 Å². The first kappa shape index (κ1) is 23.9. The zero-order valence-corrected chi connectivity index (χ0v) is 21.0. The topological polar surface area (TPSA) is 114 Å². The average Bonchev–Trinajstić information content (AvgIpc) is 3.32. The summed E-state index contributed by atoms with van der Waals surface area (Å²) >= 11 is 2.45. The smallest absolute Gasteiger partial charge is 0.348 e. The Kier molecular flexibility index (Phi) is 6.69. The van der Waals surface area contributed by atoms with Gasteiger partial charge < -0.3 is 4.74 Å². The Balaban J connectivity index is 1.57. The summed E-state index contributed by atoms with van der Waals surface area (Å²) in [4.78, 5) is 30.7. The number of ether oxygens (including phenoxy) is 1. The van der Waals surface area contributed by atoms with E-state index in [2.05, 4.69) is 15.0 Å². The number of fused-ring (bicyclic) bond motifs is 1. The molecule has 0 atom stereocenters. The van der Waals surface area contributed by atoms with Crippen LogP contribution in [0, 0.1) is 13.8 Å². The zero-order valence-electron chi connectivity index (χ0n) is 18.5. The third-order valence-electron chi connectivity index (χ3n) is 4.90. The van der Waals surface area contributed by atoms with Gasteiger partial charge in [0.25, 0.3) is 15.9 Å². The van der Waals surface area contributed by atoms with Crippen molar-refractivity contribution < 1.29 is 22.7 Å². The molecule has 2 heterocycles. The second kappa shape index (κ2) is 9.53. The molecule has 2 aromatic heterocycles. The van der Waals surface area contributed by atoms with E-state index in [-0.39, 0.29) is 22.8 Å². The summed E-state index contributed by atoms with van der Waals surface area (Å²) in [5.41, 5.74) is 2.00. The Labute approximate surface area is 204 Å². The lowest BCUT2D eigenvalue weighted by Gasteiger charge is -2.12. The fourth-order valence-electron chi connectivity index (χ4n) is 3.19. The van der Waals surface area contributed by atoms with Crippen LogP contribution in [0.1, 0.15) is 38.1 Å². The van der Waals surface area contributed by atoms with Crippen LogP contribution >= 0.6 is 22.7 Å². The molecule has 1 amide bonds. The summed E-state index contributed by atoms with van der Waals surface area (Å²) < 4.78 is 34.0. The molecule has 0 saturated carbocycles. The van der Waals surface area contributed by atoms with Crippen LogP contribution in [-0.4, -0.2) is 31.9 Å². The van der Waals surface area contributed by atoms with Crippen LogP contribution in [0.3, 0.4) is 0 Å². The fraction of sp³-hybridized carbons (Fsp3) is 0.174. The van der Waals surface area contributed by atoms with Gasteiger partial charge in [0.1, 0.15) is 9.71 Å². The molecule has 4 aromatic rings. The van der Waals surface area contributed by atoms with Gasteiger partial charge in [0.05, 0.1) is 27.5 Å². The van der Waals surface area contributed by atoms with Gasteiger partial charge in [-0.05, 0) is 50.6 Å². The van der Waals surface area contributed by atoms with Gasteiger partial charge in [-0.15, -0.1) is 11.3 Å². The molecule has 4 rings (SSSR count). The molecule has 0 aliphatic rings. The third-order valence-corrected chi connectivity index (χ3v) is 8.67. The number of para-hydroxylation sites is 1. The van der Waals surface area contributed by atoms with Crippen LogP contribution in [-0.2, 0) is 14.8 Å². The summed E-state index contributed by atoms with van der Waals surface area (Å²) in [7, 11) is -3.88. The quantitative estimate of drug-likeness (QED) is 0.327. The summed E-state index contributed by atoms with van der Waals surface area (Å²) in [6, 6.07) is 12.8. The van der Waals surface area contributed by atoms with Crippen LogP contribution in [0.2, 0.25) is 0 Å². The molecule has 34 heavy (non-hydrogen) atoms. The molecule has 0 aliphatic heterocycles. The highest BCUT2D eigenvalue weighted by molar-refractivity contribution is 7.92. The number of nitrogens with one attached hydrogen (secondary N) is 2. The van der Waals surface area contributed by atoms with Crippen LogP contribution in [0.5, 0.6) is 0 Å². The first-order valence-corrected chi connectivity index (χ1v) is 13.4. The van der Waals surface area contributed by atoms with Gasteiger partial charge in [-0.1, -0.05) is 41.2 Å². The SMILES string of the molecule is CCOC(=O)c1sc2nc(NC(=O)c3ccccc3NS(=O)(=O)c3ccc(C)cc3)sc2c1C. The van der Waals surface area contributed by atoms with Gasteiger partial charge in [-0.2, -0.15) is 0 Å². The Bertz CT molecular complexity index is 1490. The molecular weight excluding hydrogens is 494 g/mol. The van der Waals surface area contributed by atoms with Crippen LogP contribution in [0.15, 0.2) is 53.4 Å². The molecule has 176 valence electrons. The lowest BCUT2D eigenvalue weighted by Crippen LogP contribution is -2.18. The normalized spacial score (nSPS) is 11.4. The van der Waals surface area contributed by atoms with Crippen LogP contribution in [0.25, 0.3) is 9.53 Å². The third kappa shape index (κ3) is 4.81. The summed E-state index contributed by atoms with van der Waals surface area (Å²) in [6.07, 6.45) is 0. The van der Waals surface area contributed by atoms with E-state index in [0.29, 0.717) is 14.8 Å². The minimum atomic E-state index is -3.88. The Hall–Kier alpha value is -3.28. The molecule has 0 bridgehead atoms. The predicted octanol–water partition coefficient (Wildman–Crippen LogP) is 5.20. The van der Waals surface area contributed by atoms with Gasteiger partial charge >= 0.3 is 5.97 Å². The maximum atomic E-state index is 13.0. The second-order valence-corrected chi connectivity index (χ2v) is 11.0. The van der Waals surface area contributed by atoms with Crippen molar-refractivity contribution in [2.45, 2.75) is 25.7 Å². The molecule has 0 fully saturated rings. The number of anilines is 2. The number of rotatable bonds is 7. The molecule has 2 N–H and O–H groups in total. The number of esters is 1. The van der Waals surface area contributed by atoms with Gasteiger partial charge in [0.15, 0.2) is 5.13 Å². The highest BCUT2D eigenvalue weighted by Crippen LogP contribution is 2.37. The minimum Gasteiger partial charge on any atom is -0.462 e. The number of hydrogen-bond donors (Lipinski definition) is 2. The van der Waals surface area contributed by atoms with Crippen molar-refractivity contribution in [2.24, 2.45) is 0 Å². The van der Waals surface area contributed by atoms with Crippen molar-refractivity contribution in [3.05, 3.63) is 70.1 Å². The first-order valence-electron chi connectivity index (χ1n) is 10.3. The number of aromatic nitrogens is 1. The number of benzene rings is 2. The number of carbonyl (C=O) groups excluding carboxylic acids is 2. The Morgan fingerprint density at radius 3 is 2.41 bits per heavy atom. The van der Waals surface area contributed by atoms with E-state index in [9.17, 15) is 18.0 Å². The van der Waals surface area contributed by atoms with Crippen molar-refractivity contribution in [2.75, 3.05) is 16.6 Å². The van der Waals surface area contributed by atoms with E-state index in [0.717, 1.165) is 15.8 Å². The van der Waals surface area contributed by atoms with Gasteiger partial charge in [0, 0.05) is 0 Å². The van der Waals surface area contributed by atoms with Crippen LogP contribution < -0.4 is 10.0 Å². The molecular formula is C23H21N3O5S3. The van der Waals surface area contributed by atoms with E-state index in [1.807, 2.05) is 13.8 Å². The maximum absolute atomic E-state index is 13.0. The minimum absolute atomic E-state index is 0.0985.